The van der Waals surface area contributed by atoms with E-state index >= 15 is 0 Å². The first kappa shape index (κ1) is 15.5. The Labute approximate surface area is 150 Å². The lowest BCUT2D eigenvalue weighted by Gasteiger charge is -2.16. The second kappa shape index (κ2) is 6.49. The molecule has 2 heterocycles. The van der Waals surface area contributed by atoms with E-state index in [1.807, 2.05) is 60.7 Å². The molecule has 2 aromatic carbocycles. The number of para-hydroxylation sites is 2. The van der Waals surface area contributed by atoms with Gasteiger partial charge in [-0.3, -0.25) is 14.7 Å². The van der Waals surface area contributed by atoms with Crippen LogP contribution in [-0.2, 0) is 11.3 Å². The van der Waals surface area contributed by atoms with Crippen LogP contribution in [0.3, 0.4) is 0 Å². The van der Waals surface area contributed by atoms with Gasteiger partial charge in [-0.2, -0.15) is 0 Å². The highest BCUT2D eigenvalue weighted by Gasteiger charge is 2.34. The van der Waals surface area contributed by atoms with Crippen LogP contribution < -0.4 is 4.90 Å². The van der Waals surface area contributed by atoms with Crippen LogP contribution in [0.15, 0.2) is 77.9 Å². The van der Waals surface area contributed by atoms with Gasteiger partial charge in [0.25, 0.3) is 5.91 Å². The number of rotatable bonds is 3. The predicted molar refractivity (Wildman–Crippen MR) is 99.5 cm³/mol. The quantitative estimate of drug-likeness (QED) is 0.659. The van der Waals surface area contributed by atoms with Crippen molar-refractivity contribution in [1.82, 2.24) is 4.98 Å². The zero-order valence-electron chi connectivity index (χ0n) is 13.3. The van der Waals surface area contributed by atoms with Gasteiger partial charge in [0.15, 0.2) is 0 Å². The second-order valence-corrected chi connectivity index (χ2v) is 6.03. The fourth-order valence-corrected chi connectivity index (χ4v) is 2.97. The molecule has 0 aliphatic carbocycles. The SMILES string of the molecule is O=C1C(=NCc2ccc(Cl)nc2)c2ccccc2N1c1ccccc1. The summed E-state index contributed by atoms with van der Waals surface area (Å²) in [7, 11) is 0. The van der Waals surface area contributed by atoms with Gasteiger partial charge < -0.3 is 0 Å². The maximum atomic E-state index is 13.0. The Bertz CT molecular complexity index is 952. The predicted octanol–water partition coefficient (Wildman–Crippen LogP) is 4.40. The van der Waals surface area contributed by atoms with Crippen molar-refractivity contribution in [1.29, 1.82) is 0 Å². The summed E-state index contributed by atoms with van der Waals surface area (Å²) in [6, 6.07) is 20.9. The van der Waals surface area contributed by atoms with Crippen LogP contribution in [0.25, 0.3) is 0 Å². The van der Waals surface area contributed by atoms with Crippen LogP contribution in [-0.4, -0.2) is 16.6 Å². The molecule has 0 atom stereocenters. The smallest absolute Gasteiger partial charge is 0.275 e. The van der Waals surface area contributed by atoms with Gasteiger partial charge in [-0.25, -0.2) is 4.98 Å². The monoisotopic (exact) mass is 347 g/mol. The fourth-order valence-electron chi connectivity index (χ4n) is 2.86. The van der Waals surface area contributed by atoms with Gasteiger partial charge >= 0.3 is 0 Å². The maximum absolute atomic E-state index is 13.0. The molecule has 1 aliphatic heterocycles. The molecule has 0 spiro atoms. The second-order valence-electron chi connectivity index (χ2n) is 5.65. The van der Waals surface area contributed by atoms with E-state index in [1.165, 1.54) is 0 Å². The average Bonchev–Trinajstić information content (AvgIpc) is 2.93. The van der Waals surface area contributed by atoms with Gasteiger partial charge in [0.1, 0.15) is 10.9 Å². The zero-order chi connectivity index (χ0) is 17.2. The minimum atomic E-state index is -0.116. The van der Waals surface area contributed by atoms with Crippen molar-refractivity contribution in [3.63, 3.8) is 0 Å². The lowest BCUT2D eigenvalue weighted by Crippen LogP contribution is -2.25. The number of hydrogen-bond acceptors (Lipinski definition) is 3. The van der Waals surface area contributed by atoms with E-state index < -0.39 is 0 Å². The summed E-state index contributed by atoms with van der Waals surface area (Å²) in [4.78, 5) is 23.3. The lowest BCUT2D eigenvalue weighted by atomic mass is 10.1. The standard InChI is InChI=1S/C20H14ClN3O/c21-18-11-10-14(12-22-18)13-23-19-16-8-4-5-9-17(16)24(20(19)25)15-6-2-1-3-7-15/h1-12H,13H2. The number of benzene rings is 2. The third kappa shape index (κ3) is 2.92. The van der Waals surface area contributed by atoms with E-state index in [-0.39, 0.29) is 5.91 Å². The van der Waals surface area contributed by atoms with Crippen LogP contribution >= 0.6 is 11.6 Å². The first-order valence-electron chi connectivity index (χ1n) is 7.88. The number of nitrogens with zero attached hydrogens (tertiary/aromatic N) is 3. The Morgan fingerprint density at radius 3 is 2.48 bits per heavy atom. The summed E-state index contributed by atoms with van der Waals surface area (Å²) in [5.74, 6) is -0.116. The van der Waals surface area contributed by atoms with Crippen molar-refractivity contribution in [3.05, 3.63) is 89.2 Å². The Morgan fingerprint density at radius 1 is 0.960 bits per heavy atom. The van der Waals surface area contributed by atoms with Crippen molar-refractivity contribution in [3.8, 4) is 0 Å². The molecule has 122 valence electrons. The fraction of sp³-hybridized carbons (Fsp3) is 0.0500. The molecule has 1 amide bonds. The first-order chi connectivity index (χ1) is 12.2. The largest absolute Gasteiger partial charge is 0.281 e. The van der Waals surface area contributed by atoms with E-state index in [2.05, 4.69) is 9.98 Å². The minimum Gasteiger partial charge on any atom is -0.275 e. The number of aliphatic imine (C=N–C) groups is 1. The summed E-state index contributed by atoms with van der Waals surface area (Å²) in [6.07, 6.45) is 1.67. The minimum absolute atomic E-state index is 0.116. The average molecular weight is 348 g/mol. The molecule has 0 N–H and O–H groups in total. The van der Waals surface area contributed by atoms with Crippen molar-refractivity contribution in [2.24, 2.45) is 4.99 Å². The number of anilines is 2. The van der Waals surface area contributed by atoms with Crippen LogP contribution in [0, 0.1) is 0 Å². The Balaban J connectivity index is 1.73. The van der Waals surface area contributed by atoms with Gasteiger partial charge in [0.05, 0.1) is 12.2 Å². The Kier molecular flexibility index (Phi) is 4.04. The highest BCUT2D eigenvalue weighted by atomic mass is 35.5. The van der Waals surface area contributed by atoms with Gasteiger partial charge in [0, 0.05) is 17.4 Å². The molecule has 0 bridgehead atoms. The number of fused-ring (bicyclic) bond motifs is 1. The first-order valence-corrected chi connectivity index (χ1v) is 8.25. The molecule has 0 unspecified atom stereocenters. The number of carbonyl (C=O) groups excluding carboxylic acids is 1. The molecule has 1 aromatic heterocycles. The van der Waals surface area contributed by atoms with Crippen LogP contribution in [0.1, 0.15) is 11.1 Å². The summed E-state index contributed by atoms with van der Waals surface area (Å²) in [5, 5.41) is 0.439. The molecule has 0 saturated carbocycles. The van der Waals surface area contributed by atoms with Gasteiger partial charge in [-0.15, -0.1) is 0 Å². The van der Waals surface area contributed by atoms with Crippen molar-refractivity contribution in [2.75, 3.05) is 4.90 Å². The molecule has 5 heteroatoms. The Morgan fingerprint density at radius 2 is 1.72 bits per heavy atom. The molecule has 4 nitrogen and oxygen atoms in total. The summed E-state index contributed by atoms with van der Waals surface area (Å²) < 4.78 is 0. The number of halogens is 1. The molecule has 0 saturated heterocycles. The van der Waals surface area contributed by atoms with E-state index in [4.69, 9.17) is 11.6 Å². The summed E-state index contributed by atoms with van der Waals surface area (Å²) in [5.41, 5.74) is 3.90. The van der Waals surface area contributed by atoms with Gasteiger partial charge in [-0.05, 0) is 29.8 Å². The van der Waals surface area contributed by atoms with E-state index in [1.54, 1.807) is 17.2 Å². The van der Waals surface area contributed by atoms with Crippen molar-refractivity contribution >= 4 is 34.6 Å². The third-order valence-corrected chi connectivity index (χ3v) is 4.25. The number of pyridine rings is 1. The highest BCUT2D eigenvalue weighted by Crippen LogP contribution is 2.35. The zero-order valence-corrected chi connectivity index (χ0v) is 14.0. The number of amides is 1. The van der Waals surface area contributed by atoms with Crippen LogP contribution in [0.2, 0.25) is 5.15 Å². The molecular formula is C20H14ClN3O. The molecule has 3 aromatic rings. The highest BCUT2D eigenvalue weighted by molar-refractivity contribution is 6.55. The number of aromatic nitrogens is 1. The topological polar surface area (TPSA) is 45.6 Å². The van der Waals surface area contributed by atoms with Crippen LogP contribution in [0.5, 0.6) is 0 Å². The molecule has 1 aliphatic rings. The number of hydrogen-bond donors (Lipinski definition) is 0. The summed E-state index contributed by atoms with van der Waals surface area (Å²) in [6.45, 7) is 0.377. The molecule has 25 heavy (non-hydrogen) atoms. The van der Waals surface area contributed by atoms with Gasteiger partial charge in [-0.1, -0.05) is 54.1 Å². The molecular weight excluding hydrogens is 334 g/mol. The maximum Gasteiger partial charge on any atom is 0.281 e. The summed E-state index contributed by atoms with van der Waals surface area (Å²) >= 11 is 5.81. The molecule has 0 radical (unpaired) electrons. The van der Waals surface area contributed by atoms with E-state index in [0.29, 0.717) is 17.4 Å². The molecule has 0 fully saturated rings. The van der Waals surface area contributed by atoms with Crippen molar-refractivity contribution < 1.29 is 4.79 Å². The van der Waals surface area contributed by atoms with E-state index in [9.17, 15) is 4.79 Å². The molecule has 4 rings (SSSR count). The third-order valence-electron chi connectivity index (χ3n) is 4.03. The van der Waals surface area contributed by atoms with Crippen LogP contribution in [0.4, 0.5) is 11.4 Å². The van der Waals surface area contributed by atoms with E-state index in [0.717, 1.165) is 22.5 Å². The lowest BCUT2D eigenvalue weighted by molar-refractivity contribution is -0.111. The normalized spacial score (nSPS) is 14.8. The number of carbonyl (C=O) groups is 1. The van der Waals surface area contributed by atoms with Gasteiger partial charge in [0.2, 0.25) is 0 Å². The Hall–Kier alpha value is -2.98. The van der Waals surface area contributed by atoms with Crippen molar-refractivity contribution in [2.45, 2.75) is 6.54 Å².